The summed E-state index contributed by atoms with van der Waals surface area (Å²) in [6.07, 6.45) is 0. The van der Waals surface area contributed by atoms with Crippen LogP contribution in [0.2, 0.25) is 5.02 Å². The largest absolute Gasteiger partial charge is 0.506 e. The highest BCUT2D eigenvalue weighted by Crippen LogP contribution is 2.35. The summed E-state index contributed by atoms with van der Waals surface area (Å²) in [6.45, 7) is 0. The van der Waals surface area contributed by atoms with Crippen LogP contribution in [0.5, 0.6) is 5.75 Å². The van der Waals surface area contributed by atoms with Crippen molar-refractivity contribution in [3.05, 3.63) is 101 Å². The molecule has 1 heterocycles. The van der Waals surface area contributed by atoms with Crippen molar-refractivity contribution in [3.63, 3.8) is 0 Å². The summed E-state index contributed by atoms with van der Waals surface area (Å²) in [5, 5.41) is 14.7. The SMILES string of the molecule is O=C(Nc1ccc(N2C(=O)c3ccccc3C2=O)c(Cl)c1)c1ccc2ccccc2c1O. The van der Waals surface area contributed by atoms with E-state index >= 15 is 0 Å². The fourth-order valence-corrected chi connectivity index (χ4v) is 4.08. The average molecular weight is 443 g/mol. The first-order valence-electron chi connectivity index (χ1n) is 9.75. The van der Waals surface area contributed by atoms with Gasteiger partial charge in [-0.3, -0.25) is 14.4 Å². The molecule has 4 aromatic carbocycles. The summed E-state index contributed by atoms with van der Waals surface area (Å²) in [4.78, 5) is 39.2. The Morgan fingerprint density at radius 1 is 0.844 bits per heavy atom. The summed E-state index contributed by atoms with van der Waals surface area (Å²) in [5.41, 5.74) is 1.33. The lowest BCUT2D eigenvalue weighted by Crippen LogP contribution is -2.29. The number of carbonyl (C=O) groups excluding carboxylic acids is 3. The van der Waals surface area contributed by atoms with E-state index in [1.165, 1.54) is 12.1 Å². The van der Waals surface area contributed by atoms with Gasteiger partial charge in [0, 0.05) is 11.1 Å². The van der Waals surface area contributed by atoms with Gasteiger partial charge in [-0.15, -0.1) is 0 Å². The molecular weight excluding hydrogens is 428 g/mol. The molecule has 3 amide bonds. The molecule has 5 rings (SSSR count). The maximum Gasteiger partial charge on any atom is 0.266 e. The molecule has 1 aliphatic heterocycles. The fraction of sp³-hybridized carbons (Fsp3) is 0. The molecule has 0 unspecified atom stereocenters. The second-order valence-electron chi connectivity index (χ2n) is 7.29. The summed E-state index contributed by atoms with van der Waals surface area (Å²) >= 11 is 6.37. The van der Waals surface area contributed by atoms with Gasteiger partial charge in [0.05, 0.1) is 27.4 Å². The van der Waals surface area contributed by atoms with Crippen molar-refractivity contribution < 1.29 is 19.5 Å². The minimum atomic E-state index is -0.516. The van der Waals surface area contributed by atoms with Crippen LogP contribution in [0.1, 0.15) is 31.1 Å². The highest BCUT2D eigenvalue weighted by Gasteiger charge is 2.37. The van der Waals surface area contributed by atoms with Gasteiger partial charge < -0.3 is 10.4 Å². The normalized spacial score (nSPS) is 12.8. The van der Waals surface area contributed by atoms with Crippen LogP contribution in [0.15, 0.2) is 78.9 Å². The molecule has 32 heavy (non-hydrogen) atoms. The second-order valence-corrected chi connectivity index (χ2v) is 7.70. The number of imide groups is 1. The molecule has 7 heteroatoms. The minimum Gasteiger partial charge on any atom is -0.506 e. The van der Waals surface area contributed by atoms with E-state index in [0.29, 0.717) is 22.2 Å². The third-order valence-electron chi connectivity index (χ3n) is 5.39. The van der Waals surface area contributed by atoms with Crippen LogP contribution < -0.4 is 10.2 Å². The lowest BCUT2D eigenvalue weighted by molar-refractivity contribution is 0.0924. The predicted octanol–water partition coefficient (Wildman–Crippen LogP) is 5.25. The Morgan fingerprint density at radius 3 is 2.19 bits per heavy atom. The minimum absolute atomic E-state index is 0.115. The number of phenolic OH excluding ortho intramolecular Hbond substituents is 1. The van der Waals surface area contributed by atoms with E-state index in [9.17, 15) is 19.5 Å². The Morgan fingerprint density at radius 2 is 1.50 bits per heavy atom. The molecule has 0 saturated heterocycles. The first-order chi connectivity index (χ1) is 15.5. The van der Waals surface area contributed by atoms with E-state index in [4.69, 9.17) is 11.6 Å². The summed E-state index contributed by atoms with van der Waals surface area (Å²) in [6, 6.07) is 21.6. The van der Waals surface area contributed by atoms with Crippen LogP contribution in [-0.4, -0.2) is 22.8 Å². The molecule has 0 saturated carbocycles. The highest BCUT2D eigenvalue weighted by atomic mass is 35.5. The van der Waals surface area contributed by atoms with E-state index < -0.39 is 17.7 Å². The number of fused-ring (bicyclic) bond motifs is 2. The molecule has 0 atom stereocenters. The molecule has 0 aromatic heterocycles. The van der Waals surface area contributed by atoms with Crippen molar-refractivity contribution in [1.82, 2.24) is 0 Å². The average Bonchev–Trinajstić information content (AvgIpc) is 3.05. The van der Waals surface area contributed by atoms with E-state index in [1.54, 1.807) is 54.6 Å². The quantitative estimate of drug-likeness (QED) is 0.424. The van der Waals surface area contributed by atoms with Gasteiger partial charge in [-0.05, 0) is 41.8 Å². The third kappa shape index (κ3) is 3.09. The van der Waals surface area contributed by atoms with Crippen LogP contribution in [0.3, 0.4) is 0 Å². The molecular formula is C25H15ClN2O4. The number of phenols is 1. The van der Waals surface area contributed by atoms with E-state index in [1.807, 2.05) is 12.1 Å². The van der Waals surface area contributed by atoms with Crippen molar-refractivity contribution in [2.24, 2.45) is 0 Å². The molecule has 2 N–H and O–H groups in total. The maximum atomic E-state index is 12.8. The molecule has 0 radical (unpaired) electrons. The van der Waals surface area contributed by atoms with Gasteiger partial charge in [0.1, 0.15) is 5.75 Å². The van der Waals surface area contributed by atoms with Gasteiger partial charge in [-0.2, -0.15) is 0 Å². The Hall–Kier alpha value is -4.16. The monoisotopic (exact) mass is 442 g/mol. The number of carbonyl (C=O) groups is 3. The van der Waals surface area contributed by atoms with Gasteiger partial charge in [-0.1, -0.05) is 54.1 Å². The lowest BCUT2D eigenvalue weighted by Gasteiger charge is -2.17. The lowest BCUT2D eigenvalue weighted by atomic mass is 10.0. The number of halogens is 1. The number of anilines is 2. The Bertz CT molecular complexity index is 1410. The van der Waals surface area contributed by atoms with Gasteiger partial charge in [-0.25, -0.2) is 4.90 Å². The first kappa shape index (κ1) is 19.8. The van der Waals surface area contributed by atoms with E-state index in [2.05, 4.69) is 5.32 Å². The predicted molar refractivity (Wildman–Crippen MR) is 123 cm³/mol. The number of hydrogen-bond donors (Lipinski definition) is 2. The molecule has 0 fully saturated rings. The Kier molecular flexibility index (Phi) is 4.64. The topological polar surface area (TPSA) is 86.7 Å². The summed E-state index contributed by atoms with van der Waals surface area (Å²) in [7, 11) is 0. The highest BCUT2D eigenvalue weighted by molar-refractivity contribution is 6.40. The number of hydrogen-bond acceptors (Lipinski definition) is 4. The van der Waals surface area contributed by atoms with Gasteiger partial charge in [0.25, 0.3) is 17.7 Å². The summed E-state index contributed by atoms with van der Waals surface area (Å²) in [5.74, 6) is -1.54. The fourth-order valence-electron chi connectivity index (χ4n) is 3.81. The zero-order valence-corrected chi connectivity index (χ0v) is 17.3. The van der Waals surface area contributed by atoms with Crippen LogP contribution in [0.4, 0.5) is 11.4 Å². The van der Waals surface area contributed by atoms with Crippen LogP contribution in [-0.2, 0) is 0 Å². The van der Waals surface area contributed by atoms with Crippen molar-refractivity contribution in [2.45, 2.75) is 0 Å². The molecule has 6 nitrogen and oxygen atoms in total. The standard InChI is InChI=1S/C25H15ClN2O4/c26-20-13-15(27-23(30)19-11-9-14-5-1-2-6-16(14)22(19)29)10-12-21(20)28-24(31)17-7-3-4-8-18(17)25(28)32/h1-13,29H,(H,27,30). The number of nitrogens with one attached hydrogen (secondary N) is 1. The number of aromatic hydroxyl groups is 1. The van der Waals surface area contributed by atoms with Gasteiger partial charge in [0.2, 0.25) is 0 Å². The van der Waals surface area contributed by atoms with Gasteiger partial charge in [0.15, 0.2) is 0 Å². The van der Waals surface area contributed by atoms with Gasteiger partial charge >= 0.3 is 0 Å². The van der Waals surface area contributed by atoms with E-state index in [0.717, 1.165) is 10.3 Å². The second kappa shape index (κ2) is 7.51. The van der Waals surface area contributed by atoms with Crippen molar-refractivity contribution in [3.8, 4) is 5.75 Å². The first-order valence-corrected chi connectivity index (χ1v) is 10.1. The number of nitrogens with zero attached hydrogens (tertiary/aromatic N) is 1. The van der Waals surface area contributed by atoms with Crippen LogP contribution in [0, 0.1) is 0 Å². The van der Waals surface area contributed by atoms with Crippen LogP contribution >= 0.6 is 11.6 Å². The molecule has 4 aromatic rings. The third-order valence-corrected chi connectivity index (χ3v) is 5.69. The smallest absolute Gasteiger partial charge is 0.266 e. The Labute approximate surface area is 187 Å². The summed E-state index contributed by atoms with van der Waals surface area (Å²) < 4.78 is 0. The molecule has 0 spiro atoms. The Balaban J connectivity index is 1.42. The maximum absolute atomic E-state index is 12.8. The van der Waals surface area contributed by atoms with Crippen LogP contribution in [0.25, 0.3) is 10.8 Å². The number of benzene rings is 4. The van der Waals surface area contributed by atoms with Crippen molar-refractivity contribution in [1.29, 1.82) is 0 Å². The van der Waals surface area contributed by atoms with Crippen molar-refractivity contribution >= 4 is 51.5 Å². The molecule has 0 aliphatic carbocycles. The van der Waals surface area contributed by atoms with E-state index in [-0.39, 0.29) is 22.0 Å². The molecule has 156 valence electrons. The van der Waals surface area contributed by atoms with Crippen molar-refractivity contribution in [2.75, 3.05) is 10.2 Å². The number of amides is 3. The zero-order valence-electron chi connectivity index (χ0n) is 16.5. The molecule has 1 aliphatic rings. The zero-order chi connectivity index (χ0) is 22.4. The molecule has 0 bridgehead atoms. The number of rotatable bonds is 3.